The summed E-state index contributed by atoms with van der Waals surface area (Å²) in [7, 11) is 0. The lowest BCUT2D eigenvalue weighted by Crippen LogP contribution is -2.27. The highest BCUT2D eigenvalue weighted by Crippen LogP contribution is 2.20. The minimum Gasteiger partial charge on any atom is -0.494 e. The highest BCUT2D eigenvalue weighted by molar-refractivity contribution is 5.55. The van der Waals surface area contributed by atoms with Crippen LogP contribution in [0, 0.1) is 11.3 Å². The summed E-state index contributed by atoms with van der Waals surface area (Å²) in [5.41, 5.74) is 0.842. The number of hydrogen-bond acceptors (Lipinski definition) is 7. The Morgan fingerprint density at radius 2 is 2.09 bits per heavy atom. The molecule has 1 N–H and O–H groups in total. The summed E-state index contributed by atoms with van der Waals surface area (Å²) >= 11 is 0. The van der Waals surface area contributed by atoms with Gasteiger partial charge in [0, 0.05) is 25.1 Å². The molecule has 0 amide bonds. The van der Waals surface area contributed by atoms with Gasteiger partial charge in [0.25, 0.3) is 0 Å². The van der Waals surface area contributed by atoms with Crippen LogP contribution in [-0.4, -0.2) is 46.5 Å². The fourth-order valence-corrected chi connectivity index (χ4v) is 2.11. The number of benzene rings is 1. The average Bonchev–Trinajstić information content (AvgIpc) is 3.02. The lowest BCUT2D eigenvalue weighted by atomic mass is 10.2. The second-order valence-corrected chi connectivity index (χ2v) is 4.88. The summed E-state index contributed by atoms with van der Waals surface area (Å²) in [6.07, 6.45) is 0.389. The van der Waals surface area contributed by atoms with Gasteiger partial charge >= 0.3 is 0 Å². The maximum absolute atomic E-state index is 9.06. The summed E-state index contributed by atoms with van der Waals surface area (Å²) in [4.78, 5) is 6.26. The molecule has 7 heteroatoms. The SMILES string of the molecule is CCOc1ccc(-c2noc(CN(CCO)CCC#N)n2)cc1. The van der Waals surface area contributed by atoms with E-state index in [1.807, 2.05) is 36.1 Å². The van der Waals surface area contributed by atoms with Crippen molar-refractivity contribution in [1.82, 2.24) is 15.0 Å². The predicted octanol–water partition coefficient (Wildman–Crippen LogP) is 1.84. The number of nitrogens with zero attached hydrogens (tertiary/aromatic N) is 4. The molecule has 0 bridgehead atoms. The van der Waals surface area contributed by atoms with E-state index in [1.54, 1.807) is 0 Å². The second-order valence-electron chi connectivity index (χ2n) is 4.88. The molecule has 23 heavy (non-hydrogen) atoms. The molecule has 0 saturated heterocycles. The van der Waals surface area contributed by atoms with E-state index in [4.69, 9.17) is 19.6 Å². The van der Waals surface area contributed by atoms with Crippen LogP contribution in [0.25, 0.3) is 11.4 Å². The Morgan fingerprint density at radius 3 is 2.74 bits per heavy atom. The van der Waals surface area contributed by atoms with Gasteiger partial charge in [0.05, 0.1) is 25.8 Å². The summed E-state index contributed by atoms with van der Waals surface area (Å²) in [6.45, 7) is 4.00. The molecule has 0 atom stereocenters. The zero-order valence-corrected chi connectivity index (χ0v) is 13.1. The molecular weight excluding hydrogens is 296 g/mol. The normalized spacial score (nSPS) is 10.7. The molecule has 122 valence electrons. The molecule has 0 aliphatic carbocycles. The third-order valence-corrected chi connectivity index (χ3v) is 3.21. The molecule has 0 spiro atoms. The van der Waals surface area contributed by atoms with Crippen LogP contribution in [0.2, 0.25) is 0 Å². The lowest BCUT2D eigenvalue weighted by Gasteiger charge is -2.16. The molecule has 0 fully saturated rings. The molecule has 0 saturated carbocycles. The Balaban J connectivity index is 2.02. The highest BCUT2D eigenvalue weighted by Gasteiger charge is 2.13. The average molecular weight is 316 g/mol. The van der Waals surface area contributed by atoms with Gasteiger partial charge in [-0.1, -0.05) is 5.16 Å². The van der Waals surface area contributed by atoms with Gasteiger partial charge in [-0.25, -0.2) is 0 Å². The van der Waals surface area contributed by atoms with Crippen molar-refractivity contribution in [2.45, 2.75) is 19.9 Å². The molecule has 0 aliphatic rings. The Morgan fingerprint density at radius 1 is 1.30 bits per heavy atom. The Hall–Kier alpha value is -2.43. The van der Waals surface area contributed by atoms with Crippen LogP contribution in [0.5, 0.6) is 5.75 Å². The molecule has 1 aromatic carbocycles. The van der Waals surface area contributed by atoms with Gasteiger partial charge in [-0.3, -0.25) is 4.90 Å². The first-order valence-corrected chi connectivity index (χ1v) is 7.52. The van der Waals surface area contributed by atoms with E-state index in [0.29, 0.717) is 44.4 Å². The molecule has 2 rings (SSSR count). The van der Waals surface area contributed by atoms with Gasteiger partial charge in [0.2, 0.25) is 11.7 Å². The minimum atomic E-state index is 0.0192. The number of aliphatic hydroxyl groups is 1. The number of aromatic nitrogens is 2. The summed E-state index contributed by atoms with van der Waals surface area (Å²) < 4.78 is 10.7. The molecule has 7 nitrogen and oxygen atoms in total. The van der Waals surface area contributed by atoms with Crippen LogP contribution in [0.3, 0.4) is 0 Å². The number of aliphatic hydroxyl groups excluding tert-OH is 1. The maximum atomic E-state index is 9.06. The van der Waals surface area contributed by atoms with Crippen molar-refractivity contribution in [3.8, 4) is 23.2 Å². The van der Waals surface area contributed by atoms with E-state index in [1.165, 1.54) is 0 Å². The van der Waals surface area contributed by atoms with E-state index in [2.05, 4.69) is 16.2 Å². The van der Waals surface area contributed by atoms with E-state index in [0.717, 1.165) is 11.3 Å². The van der Waals surface area contributed by atoms with Crippen LogP contribution in [0.4, 0.5) is 0 Å². The van der Waals surface area contributed by atoms with E-state index >= 15 is 0 Å². The van der Waals surface area contributed by atoms with Crippen molar-refractivity contribution in [3.63, 3.8) is 0 Å². The summed E-state index contributed by atoms with van der Waals surface area (Å²) in [5.74, 6) is 1.76. The van der Waals surface area contributed by atoms with Crippen LogP contribution < -0.4 is 4.74 Å². The topological polar surface area (TPSA) is 95.4 Å². The third kappa shape index (κ3) is 5.06. The van der Waals surface area contributed by atoms with Gasteiger partial charge < -0.3 is 14.4 Å². The first-order valence-electron chi connectivity index (χ1n) is 7.52. The maximum Gasteiger partial charge on any atom is 0.241 e. The van der Waals surface area contributed by atoms with E-state index in [9.17, 15) is 0 Å². The van der Waals surface area contributed by atoms with Gasteiger partial charge in [0.1, 0.15) is 5.75 Å². The second kappa shape index (κ2) is 8.88. The zero-order valence-electron chi connectivity index (χ0n) is 13.1. The molecule has 1 aromatic heterocycles. The zero-order chi connectivity index (χ0) is 16.5. The number of ether oxygens (including phenoxy) is 1. The third-order valence-electron chi connectivity index (χ3n) is 3.21. The highest BCUT2D eigenvalue weighted by atomic mass is 16.5. The van der Waals surface area contributed by atoms with Crippen LogP contribution in [0.1, 0.15) is 19.2 Å². The molecule has 1 heterocycles. The summed E-state index contributed by atoms with van der Waals surface area (Å²) in [5, 5.41) is 21.7. The van der Waals surface area contributed by atoms with Crippen molar-refractivity contribution < 1.29 is 14.4 Å². The standard InChI is InChI=1S/C16H20N4O3/c1-2-22-14-6-4-13(5-7-14)16-18-15(23-19-16)12-20(10-11-21)9-3-8-17/h4-7,21H,2-3,9-12H2,1H3. The lowest BCUT2D eigenvalue weighted by molar-refractivity contribution is 0.176. The van der Waals surface area contributed by atoms with Crippen molar-refractivity contribution in [1.29, 1.82) is 5.26 Å². The Bertz CT molecular complexity index is 634. The Kier molecular flexibility index (Phi) is 6.54. The van der Waals surface area contributed by atoms with Gasteiger partial charge in [-0.15, -0.1) is 0 Å². The number of nitriles is 1. The van der Waals surface area contributed by atoms with E-state index < -0.39 is 0 Å². The van der Waals surface area contributed by atoms with E-state index in [-0.39, 0.29) is 6.61 Å². The number of hydrogen-bond donors (Lipinski definition) is 1. The molecule has 0 radical (unpaired) electrons. The smallest absolute Gasteiger partial charge is 0.241 e. The molecule has 2 aromatic rings. The fraction of sp³-hybridized carbons (Fsp3) is 0.438. The van der Waals surface area contributed by atoms with Crippen molar-refractivity contribution in [2.24, 2.45) is 0 Å². The monoisotopic (exact) mass is 316 g/mol. The van der Waals surface area contributed by atoms with Gasteiger partial charge in [-0.05, 0) is 31.2 Å². The largest absolute Gasteiger partial charge is 0.494 e. The van der Waals surface area contributed by atoms with Gasteiger partial charge in [0.15, 0.2) is 0 Å². The summed E-state index contributed by atoms with van der Waals surface area (Å²) in [6, 6.07) is 9.56. The first kappa shape index (κ1) is 16.9. The Labute approximate surface area is 135 Å². The molecule has 0 aliphatic heterocycles. The first-order chi connectivity index (χ1) is 11.3. The minimum absolute atomic E-state index is 0.0192. The quantitative estimate of drug-likeness (QED) is 0.754. The number of rotatable bonds is 9. The van der Waals surface area contributed by atoms with Crippen molar-refractivity contribution >= 4 is 0 Å². The van der Waals surface area contributed by atoms with Crippen LogP contribution >= 0.6 is 0 Å². The predicted molar refractivity (Wildman–Crippen MR) is 83.5 cm³/mol. The van der Waals surface area contributed by atoms with Crippen molar-refractivity contribution in [3.05, 3.63) is 30.2 Å². The van der Waals surface area contributed by atoms with Crippen LogP contribution in [-0.2, 0) is 6.54 Å². The van der Waals surface area contributed by atoms with Crippen LogP contribution in [0.15, 0.2) is 28.8 Å². The van der Waals surface area contributed by atoms with Gasteiger partial charge in [-0.2, -0.15) is 10.2 Å². The van der Waals surface area contributed by atoms with Crippen molar-refractivity contribution in [2.75, 3.05) is 26.3 Å². The molecule has 0 unspecified atom stereocenters. The molecular formula is C16H20N4O3. The fourth-order valence-electron chi connectivity index (χ4n) is 2.11.